The van der Waals surface area contributed by atoms with Gasteiger partial charge in [0.05, 0.1) is 0 Å². The van der Waals surface area contributed by atoms with Crippen molar-refractivity contribution in [2.45, 2.75) is 38.6 Å². The summed E-state index contributed by atoms with van der Waals surface area (Å²) in [5.74, 6) is 0.311. The molecule has 2 rings (SSSR count). The van der Waals surface area contributed by atoms with Crippen molar-refractivity contribution >= 4 is 5.91 Å². The van der Waals surface area contributed by atoms with Gasteiger partial charge in [-0.3, -0.25) is 4.79 Å². The first-order valence-electron chi connectivity index (χ1n) is 6.78. The number of rotatable bonds is 4. The number of carbonyl (C=O) groups excluding carboxylic acids is 1. The van der Waals surface area contributed by atoms with Gasteiger partial charge in [0.15, 0.2) is 0 Å². The first-order valence-corrected chi connectivity index (χ1v) is 6.78. The number of nitrogens with two attached hydrogens (primary N) is 1. The summed E-state index contributed by atoms with van der Waals surface area (Å²) in [5, 5.41) is 3.06. The zero-order valence-electron chi connectivity index (χ0n) is 11.0. The fraction of sp³-hybridized carbons (Fsp3) is 0.533. The minimum atomic E-state index is 0.125. The molecule has 3 heteroatoms. The van der Waals surface area contributed by atoms with E-state index in [-0.39, 0.29) is 17.9 Å². The highest BCUT2D eigenvalue weighted by atomic mass is 16.1. The standard InChI is InChI=1S/C15H22N2O/c1-11(8-9-16)17-15(18)14-7-6-12-4-2-3-5-13(12)10-14/h2-5,11,14H,6-10,16H2,1H3,(H,17,18). The van der Waals surface area contributed by atoms with Crippen LogP contribution in [0.4, 0.5) is 0 Å². The van der Waals surface area contributed by atoms with E-state index in [1.54, 1.807) is 0 Å². The predicted molar refractivity (Wildman–Crippen MR) is 73.2 cm³/mol. The molecular formula is C15H22N2O. The lowest BCUT2D eigenvalue weighted by molar-refractivity contribution is -0.126. The van der Waals surface area contributed by atoms with Crippen molar-refractivity contribution in [1.29, 1.82) is 0 Å². The van der Waals surface area contributed by atoms with Crippen LogP contribution in [0.15, 0.2) is 24.3 Å². The molecule has 3 N–H and O–H groups in total. The molecule has 98 valence electrons. The molecule has 2 atom stereocenters. The Hall–Kier alpha value is -1.35. The van der Waals surface area contributed by atoms with Crippen LogP contribution in [0.25, 0.3) is 0 Å². The third-order valence-electron chi connectivity index (χ3n) is 3.71. The van der Waals surface area contributed by atoms with Gasteiger partial charge in [-0.1, -0.05) is 24.3 Å². The highest BCUT2D eigenvalue weighted by molar-refractivity contribution is 5.79. The Balaban J connectivity index is 1.94. The summed E-state index contributed by atoms with van der Waals surface area (Å²) >= 11 is 0. The summed E-state index contributed by atoms with van der Waals surface area (Å²) in [6, 6.07) is 8.61. The Bertz CT molecular complexity index is 417. The molecule has 1 aliphatic rings. The van der Waals surface area contributed by atoms with Gasteiger partial charge in [-0.25, -0.2) is 0 Å². The van der Waals surface area contributed by atoms with Gasteiger partial charge in [0.1, 0.15) is 0 Å². The number of carbonyl (C=O) groups is 1. The molecule has 1 aromatic rings. The Morgan fingerprint density at radius 2 is 2.17 bits per heavy atom. The Morgan fingerprint density at radius 3 is 2.89 bits per heavy atom. The number of benzene rings is 1. The molecule has 1 aromatic carbocycles. The van der Waals surface area contributed by atoms with Crippen LogP contribution in [0.2, 0.25) is 0 Å². The van der Waals surface area contributed by atoms with Crippen LogP contribution >= 0.6 is 0 Å². The van der Waals surface area contributed by atoms with Crippen LogP contribution in [0.5, 0.6) is 0 Å². The van der Waals surface area contributed by atoms with Crippen molar-refractivity contribution in [2.24, 2.45) is 11.7 Å². The maximum absolute atomic E-state index is 12.1. The van der Waals surface area contributed by atoms with Crippen molar-refractivity contribution in [2.75, 3.05) is 6.54 Å². The minimum absolute atomic E-state index is 0.125. The predicted octanol–water partition coefficient (Wildman–Crippen LogP) is 1.64. The third kappa shape index (κ3) is 3.10. The second kappa shape index (κ2) is 6.01. The second-order valence-corrected chi connectivity index (χ2v) is 5.20. The van der Waals surface area contributed by atoms with E-state index in [9.17, 15) is 4.79 Å². The third-order valence-corrected chi connectivity index (χ3v) is 3.71. The van der Waals surface area contributed by atoms with E-state index in [4.69, 9.17) is 5.73 Å². The molecule has 0 bridgehead atoms. The molecule has 0 fully saturated rings. The molecule has 2 unspecified atom stereocenters. The summed E-state index contributed by atoms with van der Waals surface area (Å²) in [5.41, 5.74) is 8.22. The number of fused-ring (bicyclic) bond motifs is 1. The van der Waals surface area contributed by atoms with Crippen molar-refractivity contribution in [3.8, 4) is 0 Å². The van der Waals surface area contributed by atoms with Crippen LogP contribution in [0.1, 0.15) is 30.9 Å². The van der Waals surface area contributed by atoms with Gasteiger partial charge in [-0.15, -0.1) is 0 Å². The lowest BCUT2D eigenvalue weighted by Crippen LogP contribution is -2.40. The molecule has 0 heterocycles. The Morgan fingerprint density at radius 1 is 1.44 bits per heavy atom. The van der Waals surface area contributed by atoms with E-state index in [2.05, 4.69) is 29.6 Å². The zero-order chi connectivity index (χ0) is 13.0. The summed E-state index contributed by atoms with van der Waals surface area (Å²) < 4.78 is 0. The first-order chi connectivity index (χ1) is 8.70. The van der Waals surface area contributed by atoms with Crippen molar-refractivity contribution < 1.29 is 4.79 Å². The van der Waals surface area contributed by atoms with Crippen LogP contribution in [-0.4, -0.2) is 18.5 Å². The summed E-state index contributed by atoms with van der Waals surface area (Å²) in [6.07, 6.45) is 3.68. The minimum Gasteiger partial charge on any atom is -0.353 e. The summed E-state index contributed by atoms with van der Waals surface area (Å²) in [6.45, 7) is 2.64. The van der Waals surface area contributed by atoms with Gasteiger partial charge in [-0.2, -0.15) is 0 Å². The summed E-state index contributed by atoms with van der Waals surface area (Å²) in [7, 11) is 0. The molecule has 0 spiro atoms. The average Bonchev–Trinajstić information content (AvgIpc) is 2.38. The van der Waals surface area contributed by atoms with E-state index in [1.807, 2.05) is 6.92 Å². The quantitative estimate of drug-likeness (QED) is 0.848. The monoisotopic (exact) mass is 246 g/mol. The van der Waals surface area contributed by atoms with Gasteiger partial charge in [-0.05, 0) is 50.3 Å². The smallest absolute Gasteiger partial charge is 0.223 e. The van der Waals surface area contributed by atoms with E-state index in [0.29, 0.717) is 6.54 Å². The maximum Gasteiger partial charge on any atom is 0.223 e. The number of aryl methyl sites for hydroxylation is 1. The molecule has 0 saturated carbocycles. The van der Waals surface area contributed by atoms with Gasteiger partial charge in [0, 0.05) is 12.0 Å². The molecule has 18 heavy (non-hydrogen) atoms. The topological polar surface area (TPSA) is 55.1 Å². The molecule has 0 saturated heterocycles. The van der Waals surface area contributed by atoms with Gasteiger partial charge in [0.2, 0.25) is 5.91 Å². The molecule has 0 aromatic heterocycles. The zero-order valence-corrected chi connectivity index (χ0v) is 11.0. The van der Waals surface area contributed by atoms with Crippen LogP contribution in [-0.2, 0) is 17.6 Å². The molecule has 3 nitrogen and oxygen atoms in total. The van der Waals surface area contributed by atoms with E-state index >= 15 is 0 Å². The largest absolute Gasteiger partial charge is 0.353 e. The highest BCUT2D eigenvalue weighted by Gasteiger charge is 2.24. The highest BCUT2D eigenvalue weighted by Crippen LogP contribution is 2.25. The number of nitrogens with one attached hydrogen (secondary N) is 1. The Kier molecular flexibility index (Phi) is 4.37. The SMILES string of the molecule is CC(CCN)NC(=O)C1CCc2ccccc2C1. The average molecular weight is 246 g/mol. The van der Waals surface area contributed by atoms with Crippen molar-refractivity contribution in [3.05, 3.63) is 35.4 Å². The molecular weight excluding hydrogens is 224 g/mol. The number of amides is 1. The second-order valence-electron chi connectivity index (χ2n) is 5.20. The molecule has 1 amide bonds. The van der Waals surface area contributed by atoms with Crippen LogP contribution in [0.3, 0.4) is 0 Å². The lowest BCUT2D eigenvalue weighted by atomic mass is 9.83. The van der Waals surface area contributed by atoms with Crippen molar-refractivity contribution in [3.63, 3.8) is 0 Å². The molecule has 0 radical (unpaired) electrons. The first kappa shape index (κ1) is 13.1. The van der Waals surface area contributed by atoms with E-state index < -0.39 is 0 Å². The molecule has 0 aliphatic heterocycles. The Labute approximate surface area is 109 Å². The van der Waals surface area contributed by atoms with Gasteiger partial charge < -0.3 is 11.1 Å². The summed E-state index contributed by atoms with van der Waals surface area (Å²) in [4.78, 5) is 12.1. The number of hydrogen-bond acceptors (Lipinski definition) is 2. The fourth-order valence-electron chi connectivity index (χ4n) is 2.60. The van der Waals surface area contributed by atoms with Gasteiger partial charge >= 0.3 is 0 Å². The van der Waals surface area contributed by atoms with E-state index in [0.717, 1.165) is 25.7 Å². The maximum atomic E-state index is 12.1. The fourth-order valence-corrected chi connectivity index (χ4v) is 2.60. The van der Waals surface area contributed by atoms with Crippen LogP contribution < -0.4 is 11.1 Å². The van der Waals surface area contributed by atoms with Crippen molar-refractivity contribution in [1.82, 2.24) is 5.32 Å². The lowest BCUT2D eigenvalue weighted by Gasteiger charge is -2.25. The van der Waals surface area contributed by atoms with Gasteiger partial charge in [0.25, 0.3) is 0 Å². The van der Waals surface area contributed by atoms with Crippen LogP contribution in [0, 0.1) is 5.92 Å². The molecule has 1 aliphatic carbocycles. The number of hydrogen-bond donors (Lipinski definition) is 2. The van der Waals surface area contributed by atoms with E-state index in [1.165, 1.54) is 11.1 Å². The normalized spacial score (nSPS) is 20.0.